The van der Waals surface area contributed by atoms with Crippen molar-refractivity contribution in [2.24, 2.45) is 5.73 Å². The Morgan fingerprint density at radius 1 is 1.44 bits per heavy atom. The van der Waals surface area contributed by atoms with Crippen molar-refractivity contribution in [2.45, 2.75) is 13.3 Å². The SMILES string of the molecule is COc1cc(Cl)c(C)cc1N1CC=C(CN)CC1. The number of nitrogens with zero attached hydrogens (tertiary/aromatic N) is 1. The van der Waals surface area contributed by atoms with E-state index in [4.69, 9.17) is 22.1 Å². The summed E-state index contributed by atoms with van der Waals surface area (Å²) in [7, 11) is 1.68. The van der Waals surface area contributed by atoms with Crippen molar-refractivity contribution in [3.63, 3.8) is 0 Å². The van der Waals surface area contributed by atoms with Crippen molar-refractivity contribution in [3.05, 3.63) is 34.4 Å². The summed E-state index contributed by atoms with van der Waals surface area (Å²) in [6.07, 6.45) is 3.22. The molecule has 0 unspecified atom stereocenters. The molecule has 0 atom stereocenters. The fraction of sp³-hybridized carbons (Fsp3) is 0.429. The number of hydrogen-bond donors (Lipinski definition) is 1. The normalized spacial score (nSPS) is 15.6. The van der Waals surface area contributed by atoms with Gasteiger partial charge in [-0.3, -0.25) is 0 Å². The summed E-state index contributed by atoms with van der Waals surface area (Å²) >= 11 is 6.12. The quantitative estimate of drug-likeness (QED) is 0.855. The maximum absolute atomic E-state index is 6.12. The van der Waals surface area contributed by atoms with Gasteiger partial charge in [-0.1, -0.05) is 23.3 Å². The number of hydrogen-bond acceptors (Lipinski definition) is 3. The average Bonchev–Trinajstić information content (AvgIpc) is 2.41. The second kappa shape index (κ2) is 5.63. The highest BCUT2D eigenvalue weighted by Crippen LogP contribution is 2.34. The summed E-state index contributed by atoms with van der Waals surface area (Å²) in [6.45, 7) is 4.52. The van der Waals surface area contributed by atoms with Crippen molar-refractivity contribution < 1.29 is 4.74 Å². The molecular formula is C14H19ClN2O. The van der Waals surface area contributed by atoms with Gasteiger partial charge in [0.05, 0.1) is 12.8 Å². The van der Waals surface area contributed by atoms with Gasteiger partial charge >= 0.3 is 0 Å². The Bertz CT molecular complexity index is 471. The fourth-order valence-electron chi connectivity index (χ4n) is 2.17. The number of anilines is 1. The van der Waals surface area contributed by atoms with E-state index in [2.05, 4.69) is 17.0 Å². The third kappa shape index (κ3) is 2.62. The molecule has 1 aliphatic heterocycles. The molecule has 98 valence electrons. The van der Waals surface area contributed by atoms with Crippen LogP contribution in [0, 0.1) is 6.92 Å². The molecule has 18 heavy (non-hydrogen) atoms. The van der Waals surface area contributed by atoms with E-state index >= 15 is 0 Å². The maximum atomic E-state index is 6.12. The highest BCUT2D eigenvalue weighted by molar-refractivity contribution is 6.31. The van der Waals surface area contributed by atoms with Crippen molar-refractivity contribution in [2.75, 3.05) is 31.6 Å². The van der Waals surface area contributed by atoms with Crippen LogP contribution in [-0.4, -0.2) is 26.7 Å². The zero-order chi connectivity index (χ0) is 13.1. The Kier molecular flexibility index (Phi) is 4.15. The molecule has 4 heteroatoms. The number of methoxy groups -OCH3 is 1. The van der Waals surface area contributed by atoms with Gasteiger partial charge in [-0.05, 0) is 25.0 Å². The highest BCUT2D eigenvalue weighted by Gasteiger charge is 2.16. The molecule has 0 aliphatic carbocycles. The van der Waals surface area contributed by atoms with Crippen molar-refractivity contribution in [3.8, 4) is 5.75 Å². The molecule has 2 rings (SSSR count). The minimum Gasteiger partial charge on any atom is -0.495 e. The second-order valence-corrected chi connectivity index (χ2v) is 4.94. The predicted molar refractivity (Wildman–Crippen MR) is 76.7 cm³/mol. The van der Waals surface area contributed by atoms with Crippen molar-refractivity contribution in [1.29, 1.82) is 0 Å². The Morgan fingerprint density at radius 3 is 2.78 bits per heavy atom. The molecule has 0 fully saturated rings. The lowest BCUT2D eigenvalue weighted by Gasteiger charge is -2.29. The van der Waals surface area contributed by atoms with Crippen LogP contribution in [0.15, 0.2) is 23.8 Å². The van der Waals surface area contributed by atoms with Crippen LogP contribution in [0.25, 0.3) is 0 Å². The lowest BCUT2D eigenvalue weighted by Crippen LogP contribution is -2.30. The molecule has 1 aromatic carbocycles. The lowest BCUT2D eigenvalue weighted by molar-refractivity contribution is 0.414. The molecule has 1 aliphatic rings. The van der Waals surface area contributed by atoms with Crippen LogP contribution in [0.2, 0.25) is 5.02 Å². The van der Waals surface area contributed by atoms with Crippen LogP contribution in [-0.2, 0) is 0 Å². The van der Waals surface area contributed by atoms with E-state index in [1.807, 2.05) is 13.0 Å². The van der Waals surface area contributed by atoms with Gasteiger partial charge in [0.2, 0.25) is 0 Å². The Labute approximate surface area is 113 Å². The van der Waals surface area contributed by atoms with E-state index in [-0.39, 0.29) is 0 Å². The standard InChI is InChI=1S/C14H19ClN2O/c1-10-7-13(14(18-2)8-12(10)15)17-5-3-11(9-16)4-6-17/h3,7-8H,4-6,9,16H2,1-2H3. The summed E-state index contributed by atoms with van der Waals surface area (Å²) in [5.41, 5.74) is 9.16. The Hall–Kier alpha value is -1.19. The number of rotatable bonds is 3. The summed E-state index contributed by atoms with van der Waals surface area (Å²) in [5.74, 6) is 0.829. The average molecular weight is 267 g/mol. The molecular weight excluding hydrogens is 248 g/mol. The van der Waals surface area contributed by atoms with E-state index in [0.29, 0.717) is 6.54 Å². The smallest absolute Gasteiger partial charge is 0.143 e. The van der Waals surface area contributed by atoms with Crippen LogP contribution in [0.1, 0.15) is 12.0 Å². The molecule has 0 bridgehead atoms. The van der Waals surface area contributed by atoms with Crippen LogP contribution < -0.4 is 15.4 Å². The second-order valence-electron chi connectivity index (χ2n) is 4.54. The number of ether oxygens (including phenoxy) is 1. The third-order valence-electron chi connectivity index (χ3n) is 3.37. The maximum Gasteiger partial charge on any atom is 0.143 e. The fourth-order valence-corrected chi connectivity index (χ4v) is 2.33. The molecule has 0 saturated carbocycles. The van der Waals surface area contributed by atoms with Gasteiger partial charge in [0.1, 0.15) is 5.75 Å². The van der Waals surface area contributed by atoms with E-state index in [1.165, 1.54) is 5.57 Å². The summed E-state index contributed by atoms with van der Waals surface area (Å²) in [6, 6.07) is 3.97. The zero-order valence-electron chi connectivity index (χ0n) is 10.9. The molecule has 0 spiro atoms. The predicted octanol–water partition coefficient (Wildman–Crippen LogP) is 2.75. The van der Waals surface area contributed by atoms with Gasteiger partial charge in [0, 0.05) is 30.7 Å². The molecule has 1 aromatic rings. The highest BCUT2D eigenvalue weighted by atomic mass is 35.5. The third-order valence-corrected chi connectivity index (χ3v) is 3.77. The van der Waals surface area contributed by atoms with Gasteiger partial charge in [-0.15, -0.1) is 0 Å². The van der Waals surface area contributed by atoms with Gasteiger partial charge < -0.3 is 15.4 Å². The molecule has 0 aromatic heterocycles. The molecule has 0 radical (unpaired) electrons. The first-order valence-electron chi connectivity index (χ1n) is 6.12. The van der Waals surface area contributed by atoms with Crippen molar-refractivity contribution >= 4 is 17.3 Å². The molecule has 0 saturated heterocycles. The minimum atomic E-state index is 0.657. The largest absolute Gasteiger partial charge is 0.495 e. The van der Waals surface area contributed by atoms with E-state index in [0.717, 1.165) is 41.5 Å². The van der Waals surface area contributed by atoms with Gasteiger partial charge in [-0.25, -0.2) is 0 Å². The lowest BCUT2D eigenvalue weighted by atomic mass is 10.1. The Morgan fingerprint density at radius 2 is 2.22 bits per heavy atom. The molecule has 2 N–H and O–H groups in total. The summed E-state index contributed by atoms with van der Waals surface area (Å²) in [5, 5.41) is 0.741. The number of aryl methyl sites for hydroxylation is 1. The van der Waals surface area contributed by atoms with E-state index in [1.54, 1.807) is 7.11 Å². The zero-order valence-corrected chi connectivity index (χ0v) is 11.6. The Balaban J connectivity index is 2.28. The van der Waals surface area contributed by atoms with Gasteiger partial charge in [0.15, 0.2) is 0 Å². The van der Waals surface area contributed by atoms with E-state index < -0.39 is 0 Å². The first-order valence-corrected chi connectivity index (χ1v) is 6.50. The number of halogens is 1. The van der Waals surface area contributed by atoms with Crippen LogP contribution >= 0.6 is 11.6 Å². The topological polar surface area (TPSA) is 38.5 Å². The first kappa shape index (κ1) is 13.2. The van der Waals surface area contributed by atoms with Crippen molar-refractivity contribution in [1.82, 2.24) is 0 Å². The minimum absolute atomic E-state index is 0.657. The summed E-state index contributed by atoms with van der Waals surface area (Å²) in [4.78, 5) is 2.29. The van der Waals surface area contributed by atoms with Crippen LogP contribution in [0.5, 0.6) is 5.75 Å². The molecule has 1 heterocycles. The molecule has 3 nitrogen and oxygen atoms in total. The summed E-state index contributed by atoms with van der Waals surface area (Å²) < 4.78 is 5.42. The van der Waals surface area contributed by atoms with Gasteiger partial charge in [0.25, 0.3) is 0 Å². The van der Waals surface area contributed by atoms with Crippen LogP contribution in [0.4, 0.5) is 5.69 Å². The van der Waals surface area contributed by atoms with E-state index in [9.17, 15) is 0 Å². The first-order chi connectivity index (χ1) is 8.65. The number of nitrogens with two attached hydrogens (primary N) is 1. The van der Waals surface area contributed by atoms with Crippen LogP contribution in [0.3, 0.4) is 0 Å². The molecule has 0 amide bonds. The van der Waals surface area contributed by atoms with Gasteiger partial charge in [-0.2, -0.15) is 0 Å². The number of benzene rings is 1. The monoisotopic (exact) mass is 266 g/mol.